The van der Waals surface area contributed by atoms with E-state index in [1.807, 2.05) is 30.3 Å². The van der Waals surface area contributed by atoms with Crippen molar-refractivity contribution < 1.29 is 14.6 Å². The van der Waals surface area contributed by atoms with Crippen LogP contribution in [0.1, 0.15) is 22.3 Å². The standard InChI is InChI=1S/C18H19NO3/c1-22-17-8-7-13-11-19-16(18(20)21)10-14(13)15(17)9-12-5-3-2-4-6-12/h2-8,16,19H,9-11H2,1H3,(H,20,21). The van der Waals surface area contributed by atoms with Crippen LogP contribution >= 0.6 is 0 Å². The summed E-state index contributed by atoms with van der Waals surface area (Å²) in [6.07, 6.45) is 1.24. The van der Waals surface area contributed by atoms with Gasteiger partial charge in [-0.05, 0) is 29.2 Å². The highest BCUT2D eigenvalue weighted by Gasteiger charge is 2.26. The maximum atomic E-state index is 11.3. The largest absolute Gasteiger partial charge is 0.496 e. The summed E-state index contributed by atoms with van der Waals surface area (Å²) in [5.74, 6) is 0.0211. The molecule has 2 N–H and O–H groups in total. The van der Waals surface area contributed by atoms with Gasteiger partial charge in [0.15, 0.2) is 0 Å². The molecule has 0 aromatic heterocycles. The molecule has 2 aromatic carbocycles. The van der Waals surface area contributed by atoms with Gasteiger partial charge in [-0.3, -0.25) is 4.79 Å². The molecule has 0 bridgehead atoms. The van der Waals surface area contributed by atoms with Gasteiger partial charge in [0.05, 0.1) is 7.11 Å². The Balaban J connectivity index is 2.02. The summed E-state index contributed by atoms with van der Waals surface area (Å²) in [7, 11) is 1.66. The fourth-order valence-corrected chi connectivity index (χ4v) is 3.01. The van der Waals surface area contributed by atoms with Crippen LogP contribution in [0.5, 0.6) is 5.75 Å². The number of carbonyl (C=O) groups is 1. The van der Waals surface area contributed by atoms with Crippen molar-refractivity contribution >= 4 is 5.97 Å². The van der Waals surface area contributed by atoms with Crippen molar-refractivity contribution in [1.82, 2.24) is 5.32 Å². The summed E-state index contributed by atoms with van der Waals surface area (Å²) in [4.78, 5) is 11.3. The number of hydrogen-bond donors (Lipinski definition) is 2. The molecule has 114 valence electrons. The Morgan fingerprint density at radius 3 is 2.73 bits per heavy atom. The Kier molecular flexibility index (Phi) is 4.11. The van der Waals surface area contributed by atoms with Gasteiger partial charge >= 0.3 is 5.97 Å². The molecule has 1 aliphatic heterocycles. The van der Waals surface area contributed by atoms with Crippen LogP contribution in [-0.4, -0.2) is 24.2 Å². The van der Waals surface area contributed by atoms with Crippen LogP contribution in [0.4, 0.5) is 0 Å². The Morgan fingerprint density at radius 1 is 1.27 bits per heavy atom. The lowest BCUT2D eigenvalue weighted by molar-refractivity contribution is -0.139. The molecule has 0 amide bonds. The molecule has 1 unspecified atom stereocenters. The van der Waals surface area contributed by atoms with Gasteiger partial charge in [-0.25, -0.2) is 0 Å². The molecule has 4 nitrogen and oxygen atoms in total. The lowest BCUT2D eigenvalue weighted by Gasteiger charge is -2.26. The summed E-state index contributed by atoms with van der Waals surface area (Å²) in [5.41, 5.74) is 4.55. The summed E-state index contributed by atoms with van der Waals surface area (Å²) in [6, 6.07) is 13.6. The number of rotatable bonds is 4. The van der Waals surface area contributed by atoms with Gasteiger partial charge in [0, 0.05) is 18.5 Å². The third-order valence-corrected chi connectivity index (χ3v) is 4.17. The molecule has 3 rings (SSSR count). The number of fused-ring (bicyclic) bond motifs is 1. The second-order valence-electron chi connectivity index (χ2n) is 5.52. The van der Waals surface area contributed by atoms with E-state index in [2.05, 4.69) is 17.4 Å². The third-order valence-electron chi connectivity index (χ3n) is 4.17. The van der Waals surface area contributed by atoms with E-state index >= 15 is 0 Å². The number of carboxylic acids is 1. The van der Waals surface area contributed by atoms with Gasteiger partial charge in [0.1, 0.15) is 11.8 Å². The van der Waals surface area contributed by atoms with Crippen LogP contribution in [0.2, 0.25) is 0 Å². The van der Waals surface area contributed by atoms with E-state index in [-0.39, 0.29) is 0 Å². The average molecular weight is 297 g/mol. The predicted molar refractivity (Wildman–Crippen MR) is 84.2 cm³/mol. The number of hydrogen-bond acceptors (Lipinski definition) is 3. The minimum Gasteiger partial charge on any atom is -0.496 e. The lowest BCUT2D eigenvalue weighted by Crippen LogP contribution is -2.42. The number of aliphatic carboxylic acids is 1. The number of methoxy groups -OCH3 is 1. The smallest absolute Gasteiger partial charge is 0.321 e. The zero-order valence-corrected chi connectivity index (χ0v) is 12.5. The Hall–Kier alpha value is -2.33. The maximum absolute atomic E-state index is 11.3. The molecule has 1 aliphatic rings. The third kappa shape index (κ3) is 2.83. The minimum atomic E-state index is -0.806. The molecule has 2 aromatic rings. The normalized spacial score (nSPS) is 16.9. The first-order chi connectivity index (χ1) is 10.7. The lowest BCUT2D eigenvalue weighted by atomic mass is 9.88. The summed E-state index contributed by atoms with van der Waals surface area (Å²) in [6.45, 7) is 0.581. The Labute approximate surface area is 129 Å². The monoisotopic (exact) mass is 297 g/mol. The molecular formula is C18H19NO3. The minimum absolute atomic E-state index is 0.490. The van der Waals surface area contributed by atoms with Crippen LogP contribution in [0.15, 0.2) is 42.5 Å². The Morgan fingerprint density at radius 2 is 2.05 bits per heavy atom. The number of benzene rings is 2. The van der Waals surface area contributed by atoms with E-state index in [0.717, 1.165) is 28.9 Å². The topological polar surface area (TPSA) is 58.6 Å². The molecule has 1 heterocycles. The van der Waals surface area contributed by atoms with Gasteiger partial charge in [0.25, 0.3) is 0 Å². The highest BCUT2D eigenvalue weighted by molar-refractivity contribution is 5.74. The zero-order chi connectivity index (χ0) is 15.5. The Bertz CT molecular complexity index is 682. The molecule has 0 fully saturated rings. The first-order valence-electron chi connectivity index (χ1n) is 7.36. The van der Waals surface area contributed by atoms with E-state index in [9.17, 15) is 9.90 Å². The highest BCUT2D eigenvalue weighted by atomic mass is 16.5. The quantitative estimate of drug-likeness (QED) is 0.910. The molecule has 0 radical (unpaired) electrons. The molecular weight excluding hydrogens is 278 g/mol. The van der Waals surface area contributed by atoms with Crippen molar-refractivity contribution in [3.63, 3.8) is 0 Å². The SMILES string of the molecule is COc1ccc2c(c1Cc1ccccc1)CC(C(=O)O)NC2. The molecule has 1 atom stereocenters. The van der Waals surface area contributed by atoms with E-state index in [1.165, 1.54) is 5.56 Å². The molecule has 0 saturated carbocycles. The summed E-state index contributed by atoms with van der Waals surface area (Å²) < 4.78 is 5.51. The fraction of sp³-hybridized carbons (Fsp3) is 0.278. The molecule has 22 heavy (non-hydrogen) atoms. The van der Waals surface area contributed by atoms with Crippen LogP contribution in [-0.2, 0) is 24.2 Å². The van der Waals surface area contributed by atoms with E-state index in [1.54, 1.807) is 7.11 Å². The van der Waals surface area contributed by atoms with Crippen LogP contribution in [0.25, 0.3) is 0 Å². The van der Waals surface area contributed by atoms with Crippen molar-refractivity contribution in [2.75, 3.05) is 7.11 Å². The number of ether oxygens (including phenoxy) is 1. The fourth-order valence-electron chi connectivity index (χ4n) is 3.01. The van der Waals surface area contributed by atoms with Crippen LogP contribution < -0.4 is 10.1 Å². The molecule has 0 saturated heterocycles. The average Bonchev–Trinajstić information content (AvgIpc) is 2.55. The van der Waals surface area contributed by atoms with Gasteiger partial charge in [0.2, 0.25) is 0 Å². The first kappa shape index (κ1) is 14.6. The van der Waals surface area contributed by atoms with Gasteiger partial charge < -0.3 is 15.2 Å². The molecule has 0 aliphatic carbocycles. The second kappa shape index (κ2) is 6.20. The van der Waals surface area contributed by atoms with Gasteiger partial charge in [-0.2, -0.15) is 0 Å². The first-order valence-corrected chi connectivity index (χ1v) is 7.36. The van der Waals surface area contributed by atoms with Crippen molar-refractivity contribution in [3.8, 4) is 5.75 Å². The molecule has 0 spiro atoms. The second-order valence-corrected chi connectivity index (χ2v) is 5.52. The van der Waals surface area contributed by atoms with Crippen molar-refractivity contribution in [1.29, 1.82) is 0 Å². The summed E-state index contributed by atoms with van der Waals surface area (Å²) in [5, 5.41) is 12.3. The number of nitrogens with one attached hydrogen (secondary N) is 1. The van der Waals surface area contributed by atoms with E-state index in [4.69, 9.17) is 4.74 Å². The van der Waals surface area contributed by atoms with Crippen LogP contribution in [0.3, 0.4) is 0 Å². The van der Waals surface area contributed by atoms with Crippen LogP contribution in [0, 0.1) is 0 Å². The predicted octanol–water partition coefficient (Wildman–Crippen LogP) is 2.38. The van der Waals surface area contributed by atoms with Gasteiger partial charge in [-0.15, -0.1) is 0 Å². The van der Waals surface area contributed by atoms with Crippen molar-refractivity contribution in [3.05, 3.63) is 64.7 Å². The van der Waals surface area contributed by atoms with Crippen molar-refractivity contribution in [2.45, 2.75) is 25.4 Å². The highest BCUT2D eigenvalue weighted by Crippen LogP contribution is 2.31. The number of carboxylic acid groups (broad SMARTS) is 1. The van der Waals surface area contributed by atoms with E-state index < -0.39 is 12.0 Å². The molecule has 4 heteroatoms. The van der Waals surface area contributed by atoms with E-state index in [0.29, 0.717) is 13.0 Å². The van der Waals surface area contributed by atoms with Crippen molar-refractivity contribution in [2.24, 2.45) is 0 Å². The van der Waals surface area contributed by atoms with Gasteiger partial charge in [-0.1, -0.05) is 36.4 Å². The summed E-state index contributed by atoms with van der Waals surface area (Å²) >= 11 is 0. The maximum Gasteiger partial charge on any atom is 0.321 e. The zero-order valence-electron chi connectivity index (χ0n) is 12.5.